The highest BCUT2D eigenvalue weighted by molar-refractivity contribution is 5.86. The molecule has 0 atom stereocenters. The van der Waals surface area contributed by atoms with Crippen molar-refractivity contribution in [3.63, 3.8) is 0 Å². The Morgan fingerprint density at radius 1 is 1.30 bits per heavy atom. The van der Waals surface area contributed by atoms with Crippen LogP contribution in [-0.2, 0) is 11.3 Å². The van der Waals surface area contributed by atoms with Crippen LogP contribution in [0.2, 0.25) is 0 Å². The highest BCUT2D eigenvalue weighted by atomic mass is 16.2. The van der Waals surface area contributed by atoms with Gasteiger partial charge in [-0.15, -0.1) is 0 Å². The highest BCUT2D eigenvalue weighted by Gasteiger charge is 2.34. The lowest BCUT2D eigenvalue weighted by molar-refractivity contribution is -0.127. The molecule has 3 rings (SSSR count). The molecule has 1 amide bonds. The second-order valence-corrected chi connectivity index (χ2v) is 6.63. The van der Waals surface area contributed by atoms with Crippen molar-refractivity contribution in [2.24, 2.45) is 5.73 Å². The monoisotopic (exact) mass is 314 g/mol. The zero-order valence-electron chi connectivity index (χ0n) is 13.8. The Kier molecular flexibility index (Phi) is 4.66. The second kappa shape index (κ2) is 6.71. The number of hydrogen-bond donors (Lipinski definition) is 2. The van der Waals surface area contributed by atoms with Gasteiger partial charge in [0, 0.05) is 13.1 Å². The first-order valence-corrected chi connectivity index (χ1v) is 8.59. The summed E-state index contributed by atoms with van der Waals surface area (Å²) in [5, 5.41) is 3.03. The van der Waals surface area contributed by atoms with Crippen LogP contribution in [0.1, 0.15) is 44.3 Å². The van der Waals surface area contributed by atoms with Gasteiger partial charge in [-0.25, -0.2) is 4.98 Å². The number of nitrogens with two attached hydrogens (primary N) is 1. The van der Waals surface area contributed by atoms with E-state index in [0.717, 1.165) is 55.5 Å². The van der Waals surface area contributed by atoms with Gasteiger partial charge in [0.15, 0.2) is 0 Å². The molecule has 1 aromatic heterocycles. The SMILES string of the molecule is Cc1nc2ccccc2n1CCCNC(=O)C1(N)CCCCC1. The van der Waals surface area contributed by atoms with Gasteiger partial charge in [-0.05, 0) is 38.3 Å². The van der Waals surface area contributed by atoms with Gasteiger partial charge in [0.05, 0.1) is 16.6 Å². The van der Waals surface area contributed by atoms with Crippen molar-refractivity contribution in [1.29, 1.82) is 0 Å². The number of nitrogens with zero attached hydrogens (tertiary/aromatic N) is 2. The van der Waals surface area contributed by atoms with E-state index in [0.29, 0.717) is 6.54 Å². The molecule has 2 aromatic rings. The van der Waals surface area contributed by atoms with Gasteiger partial charge in [0.2, 0.25) is 5.91 Å². The minimum absolute atomic E-state index is 0.0180. The first kappa shape index (κ1) is 16.0. The standard InChI is InChI=1S/C18H26N4O/c1-14-21-15-8-3-4-9-16(15)22(14)13-7-12-20-17(23)18(19)10-5-2-6-11-18/h3-4,8-9H,2,5-7,10-13,19H2,1H3,(H,20,23). The fourth-order valence-electron chi connectivity index (χ4n) is 3.50. The summed E-state index contributed by atoms with van der Waals surface area (Å²) in [5.41, 5.74) is 7.78. The number of carbonyl (C=O) groups excluding carboxylic acids is 1. The van der Waals surface area contributed by atoms with Crippen LogP contribution in [0.5, 0.6) is 0 Å². The summed E-state index contributed by atoms with van der Waals surface area (Å²) >= 11 is 0. The molecule has 0 unspecified atom stereocenters. The lowest BCUT2D eigenvalue weighted by Crippen LogP contribution is -2.55. The zero-order valence-corrected chi connectivity index (χ0v) is 13.8. The maximum atomic E-state index is 12.3. The number of nitrogens with one attached hydrogen (secondary N) is 1. The Morgan fingerprint density at radius 2 is 2.04 bits per heavy atom. The van der Waals surface area contributed by atoms with Crippen LogP contribution in [0.4, 0.5) is 0 Å². The number of carbonyl (C=O) groups is 1. The first-order valence-electron chi connectivity index (χ1n) is 8.59. The van der Waals surface area contributed by atoms with Crippen molar-refractivity contribution < 1.29 is 4.79 Å². The number of rotatable bonds is 5. The minimum atomic E-state index is -0.643. The van der Waals surface area contributed by atoms with Gasteiger partial charge in [0.25, 0.3) is 0 Å². The summed E-state index contributed by atoms with van der Waals surface area (Å²) in [5.74, 6) is 1.03. The summed E-state index contributed by atoms with van der Waals surface area (Å²) in [6.45, 7) is 3.53. The Balaban J connectivity index is 1.53. The van der Waals surface area contributed by atoms with Gasteiger partial charge in [-0.1, -0.05) is 31.4 Å². The van der Waals surface area contributed by atoms with Crippen molar-refractivity contribution in [3.05, 3.63) is 30.1 Å². The van der Waals surface area contributed by atoms with E-state index in [9.17, 15) is 4.79 Å². The molecule has 23 heavy (non-hydrogen) atoms. The summed E-state index contributed by atoms with van der Waals surface area (Å²) in [6, 6.07) is 8.15. The molecule has 1 heterocycles. The predicted molar refractivity (Wildman–Crippen MR) is 92.1 cm³/mol. The number of fused-ring (bicyclic) bond motifs is 1. The molecular formula is C18H26N4O. The summed E-state index contributed by atoms with van der Waals surface area (Å²) in [7, 11) is 0. The Morgan fingerprint density at radius 3 is 2.83 bits per heavy atom. The van der Waals surface area contributed by atoms with Gasteiger partial charge in [-0.2, -0.15) is 0 Å². The smallest absolute Gasteiger partial charge is 0.240 e. The third-order valence-corrected chi connectivity index (χ3v) is 4.89. The number of hydrogen-bond acceptors (Lipinski definition) is 3. The number of para-hydroxylation sites is 2. The molecule has 0 spiro atoms. The molecule has 0 saturated heterocycles. The first-order chi connectivity index (χ1) is 11.1. The molecule has 124 valence electrons. The second-order valence-electron chi connectivity index (χ2n) is 6.63. The number of amides is 1. The lowest BCUT2D eigenvalue weighted by Gasteiger charge is -2.31. The minimum Gasteiger partial charge on any atom is -0.354 e. The van der Waals surface area contributed by atoms with E-state index in [2.05, 4.69) is 20.9 Å². The average molecular weight is 314 g/mol. The maximum absolute atomic E-state index is 12.3. The highest BCUT2D eigenvalue weighted by Crippen LogP contribution is 2.25. The fraction of sp³-hybridized carbons (Fsp3) is 0.556. The van der Waals surface area contributed by atoms with Gasteiger partial charge < -0.3 is 15.6 Å². The van der Waals surface area contributed by atoms with Crippen LogP contribution in [0.25, 0.3) is 11.0 Å². The molecule has 3 N–H and O–H groups in total. The third kappa shape index (κ3) is 3.39. The van der Waals surface area contributed by atoms with E-state index in [1.54, 1.807) is 0 Å². The van der Waals surface area contributed by atoms with Gasteiger partial charge >= 0.3 is 0 Å². The Hall–Kier alpha value is -1.88. The summed E-state index contributed by atoms with van der Waals surface area (Å²) < 4.78 is 2.21. The van der Waals surface area contributed by atoms with Crippen LogP contribution < -0.4 is 11.1 Å². The predicted octanol–water partition coefficient (Wildman–Crippen LogP) is 2.51. The van der Waals surface area contributed by atoms with E-state index in [1.165, 1.54) is 6.42 Å². The number of aromatic nitrogens is 2. The Labute approximate surface area is 137 Å². The topological polar surface area (TPSA) is 72.9 Å². The fourth-order valence-corrected chi connectivity index (χ4v) is 3.50. The summed E-state index contributed by atoms with van der Waals surface area (Å²) in [4.78, 5) is 16.9. The van der Waals surface area contributed by atoms with Crippen LogP contribution in [-0.4, -0.2) is 27.5 Å². The third-order valence-electron chi connectivity index (χ3n) is 4.89. The zero-order chi connectivity index (χ0) is 16.3. The molecule has 1 fully saturated rings. The van der Waals surface area contributed by atoms with Crippen molar-refractivity contribution in [2.75, 3.05) is 6.54 Å². The quantitative estimate of drug-likeness (QED) is 0.833. The van der Waals surface area contributed by atoms with Crippen LogP contribution in [0, 0.1) is 6.92 Å². The van der Waals surface area contributed by atoms with Crippen molar-refractivity contribution in [2.45, 2.75) is 57.5 Å². The van der Waals surface area contributed by atoms with E-state index in [-0.39, 0.29) is 5.91 Å². The molecule has 1 saturated carbocycles. The van der Waals surface area contributed by atoms with Crippen LogP contribution >= 0.6 is 0 Å². The number of imidazole rings is 1. The largest absolute Gasteiger partial charge is 0.354 e. The molecule has 5 nitrogen and oxygen atoms in total. The Bertz CT molecular complexity index is 685. The van der Waals surface area contributed by atoms with E-state index in [1.807, 2.05) is 25.1 Å². The van der Waals surface area contributed by atoms with Crippen molar-refractivity contribution in [1.82, 2.24) is 14.9 Å². The van der Waals surface area contributed by atoms with Crippen LogP contribution in [0.3, 0.4) is 0 Å². The molecule has 0 radical (unpaired) electrons. The maximum Gasteiger partial charge on any atom is 0.240 e. The average Bonchev–Trinajstić information content (AvgIpc) is 2.87. The molecule has 1 aliphatic rings. The normalized spacial score (nSPS) is 17.3. The molecule has 1 aliphatic carbocycles. The lowest BCUT2D eigenvalue weighted by atomic mass is 9.82. The van der Waals surface area contributed by atoms with Gasteiger partial charge in [0.1, 0.15) is 5.82 Å². The van der Waals surface area contributed by atoms with E-state index < -0.39 is 5.54 Å². The summed E-state index contributed by atoms with van der Waals surface area (Å²) in [6.07, 6.45) is 5.81. The van der Waals surface area contributed by atoms with E-state index >= 15 is 0 Å². The van der Waals surface area contributed by atoms with Gasteiger partial charge in [-0.3, -0.25) is 4.79 Å². The number of benzene rings is 1. The molecule has 1 aromatic carbocycles. The molecule has 0 aliphatic heterocycles. The van der Waals surface area contributed by atoms with Crippen molar-refractivity contribution in [3.8, 4) is 0 Å². The molecular weight excluding hydrogens is 288 g/mol. The molecule has 0 bridgehead atoms. The van der Waals surface area contributed by atoms with Crippen molar-refractivity contribution >= 4 is 16.9 Å². The molecule has 5 heteroatoms. The van der Waals surface area contributed by atoms with Crippen LogP contribution in [0.15, 0.2) is 24.3 Å². The number of aryl methyl sites for hydroxylation is 2. The van der Waals surface area contributed by atoms with E-state index in [4.69, 9.17) is 5.73 Å².